The van der Waals surface area contributed by atoms with Gasteiger partial charge in [0.2, 0.25) is 11.8 Å². The Morgan fingerprint density at radius 2 is 1.89 bits per heavy atom. The number of likely N-dealkylation sites (tertiary alicyclic amines) is 1. The number of carbonyl (C=O) groups excluding carboxylic acids is 2. The molecule has 1 aromatic rings. The molecule has 5 nitrogen and oxygen atoms in total. The summed E-state index contributed by atoms with van der Waals surface area (Å²) >= 11 is 0. The summed E-state index contributed by atoms with van der Waals surface area (Å²) in [5, 5.41) is 3.40. The third-order valence-electron chi connectivity index (χ3n) is 5.49. The SMILES string of the molecule is CCNCC1CCN(C(=O)CC2c3ccccc3C=CN2C(C)=O)CC1.Cl. The average molecular weight is 392 g/mol. The van der Waals surface area contributed by atoms with Gasteiger partial charge in [-0.2, -0.15) is 0 Å². The Morgan fingerprint density at radius 3 is 2.56 bits per heavy atom. The fraction of sp³-hybridized carbons (Fsp3) is 0.524. The number of halogens is 1. The van der Waals surface area contributed by atoms with E-state index in [0.29, 0.717) is 12.3 Å². The van der Waals surface area contributed by atoms with Crippen molar-refractivity contribution in [2.24, 2.45) is 5.92 Å². The number of amides is 2. The minimum Gasteiger partial charge on any atom is -0.343 e. The molecule has 0 radical (unpaired) electrons. The number of hydrogen-bond acceptors (Lipinski definition) is 3. The van der Waals surface area contributed by atoms with E-state index in [1.54, 1.807) is 11.8 Å². The average Bonchev–Trinajstić information content (AvgIpc) is 2.66. The van der Waals surface area contributed by atoms with Gasteiger partial charge in [0.05, 0.1) is 12.5 Å². The molecular formula is C21H30ClN3O2. The van der Waals surface area contributed by atoms with Gasteiger partial charge in [-0.1, -0.05) is 31.2 Å². The van der Waals surface area contributed by atoms with Crippen molar-refractivity contribution in [1.82, 2.24) is 15.1 Å². The number of hydrogen-bond donors (Lipinski definition) is 1. The summed E-state index contributed by atoms with van der Waals surface area (Å²) in [7, 11) is 0. The Hall–Kier alpha value is -1.85. The van der Waals surface area contributed by atoms with Crippen LogP contribution in [0.3, 0.4) is 0 Å². The van der Waals surface area contributed by atoms with Crippen LogP contribution in [0.1, 0.15) is 50.3 Å². The van der Waals surface area contributed by atoms with Crippen LogP contribution in [0.2, 0.25) is 0 Å². The molecule has 1 atom stereocenters. The highest BCUT2D eigenvalue weighted by Gasteiger charge is 2.31. The number of piperidine rings is 1. The Bertz CT molecular complexity index is 684. The van der Waals surface area contributed by atoms with E-state index in [1.807, 2.05) is 41.4 Å². The molecule has 2 heterocycles. The van der Waals surface area contributed by atoms with Gasteiger partial charge in [0.25, 0.3) is 0 Å². The van der Waals surface area contributed by atoms with Crippen molar-refractivity contribution in [2.75, 3.05) is 26.2 Å². The van der Waals surface area contributed by atoms with Gasteiger partial charge in [0.15, 0.2) is 0 Å². The van der Waals surface area contributed by atoms with Gasteiger partial charge in [0.1, 0.15) is 0 Å². The molecule has 148 valence electrons. The van der Waals surface area contributed by atoms with Crippen LogP contribution in [-0.4, -0.2) is 47.8 Å². The zero-order chi connectivity index (χ0) is 18.5. The summed E-state index contributed by atoms with van der Waals surface area (Å²) in [6, 6.07) is 7.81. The molecule has 1 saturated heterocycles. The highest BCUT2D eigenvalue weighted by atomic mass is 35.5. The second kappa shape index (κ2) is 9.90. The van der Waals surface area contributed by atoms with Crippen LogP contribution in [0.5, 0.6) is 0 Å². The molecule has 2 amide bonds. The lowest BCUT2D eigenvalue weighted by atomic mass is 9.92. The quantitative estimate of drug-likeness (QED) is 0.838. The van der Waals surface area contributed by atoms with Crippen LogP contribution in [0.25, 0.3) is 6.08 Å². The maximum atomic E-state index is 12.9. The molecule has 0 spiro atoms. The minimum absolute atomic E-state index is 0. The van der Waals surface area contributed by atoms with Gasteiger partial charge < -0.3 is 15.1 Å². The number of rotatable bonds is 5. The van der Waals surface area contributed by atoms with Gasteiger partial charge in [0, 0.05) is 26.2 Å². The molecule has 0 bridgehead atoms. The third kappa shape index (κ3) is 5.11. The molecule has 1 N–H and O–H groups in total. The zero-order valence-corrected chi connectivity index (χ0v) is 17.0. The lowest BCUT2D eigenvalue weighted by molar-refractivity contribution is -0.135. The Morgan fingerprint density at radius 1 is 1.19 bits per heavy atom. The highest BCUT2D eigenvalue weighted by Crippen LogP contribution is 2.33. The summed E-state index contributed by atoms with van der Waals surface area (Å²) in [6.07, 6.45) is 6.21. The van der Waals surface area contributed by atoms with E-state index in [0.717, 1.165) is 50.1 Å². The number of nitrogens with zero attached hydrogens (tertiary/aromatic N) is 2. The molecule has 3 rings (SSSR count). The third-order valence-corrected chi connectivity index (χ3v) is 5.49. The second-order valence-corrected chi connectivity index (χ2v) is 7.22. The monoisotopic (exact) mass is 391 g/mol. The first kappa shape index (κ1) is 21.5. The van der Waals surface area contributed by atoms with Crippen molar-refractivity contribution in [2.45, 2.75) is 39.2 Å². The van der Waals surface area contributed by atoms with Crippen LogP contribution in [0.15, 0.2) is 30.5 Å². The summed E-state index contributed by atoms with van der Waals surface area (Å²) in [4.78, 5) is 28.6. The van der Waals surface area contributed by atoms with Crippen LogP contribution in [0, 0.1) is 5.92 Å². The normalized spacial score (nSPS) is 19.4. The fourth-order valence-electron chi connectivity index (χ4n) is 3.94. The van der Waals surface area contributed by atoms with E-state index in [4.69, 9.17) is 0 Å². The summed E-state index contributed by atoms with van der Waals surface area (Å²) in [5.41, 5.74) is 2.15. The lowest BCUT2D eigenvalue weighted by Crippen LogP contribution is -2.42. The minimum atomic E-state index is -0.208. The first-order valence-electron chi connectivity index (χ1n) is 9.64. The zero-order valence-electron chi connectivity index (χ0n) is 16.2. The van der Waals surface area contributed by atoms with Crippen molar-refractivity contribution in [3.05, 3.63) is 41.6 Å². The first-order chi connectivity index (χ1) is 12.6. The maximum Gasteiger partial charge on any atom is 0.225 e. The molecule has 6 heteroatoms. The Kier molecular flexibility index (Phi) is 7.87. The van der Waals surface area contributed by atoms with Crippen molar-refractivity contribution in [3.8, 4) is 0 Å². The molecular weight excluding hydrogens is 362 g/mol. The van der Waals surface area contributed by atoms with E-state index in [2.05, 4.69) is 12.2 Å². The lowest BCUT2D eigenvalue weighted by Gasteiger charge is -2.36. The first-order valence-corrected chi connectivity index (χ1v) is 9.64. The van der Waals surface area contributed by atoms with Crippen molar-refractivity contribution in [3.63, 3.8) is 0 Å². The van der Waals surface area contributed by atoms with E-state index >= 15 is 0 Å². The molecule has 2 aliphatic rings. The summed E-state index contributed by atoms with van der Waals surface area (Å²) in [6.45, 7) is 7.35. The molecule has 1 fully saturated rings. The smallest absolute Gasteiger partial charge is 0.225 e. The Labute approximate surface area is 168 Å². The van der Waals surface area contributed by atoms with Gasteiger partial charge >= 0.3 is 0 Å². The standard InChI is InChI=1S/C21H29N3O2.ClH/c1-3-22-15-17-8-11-23(12-9-17)21(26)14-20-19-7-5-4-6-18(19)10-13-24(20)16(2)25;/h4-7,10,13,17,20,22H,3,8-9,11-12,14-15H2,1-2H3;1H. The van der Waals surface area contributed by atoms with E-state index in [1.165, 1.54) is 0 Å². The maximum absolute atomic E-state index is 12.9. The van der Waals surface area contributed by atoms with Crippen LogP contribution in [-0.2, 0) is 9.59 Å². The predicted molar refractivity (Wildman–Crippen MR) is 110 cm³/mol. The molecule has 27 heavy (non-hydrogen) atoms. The molecule has 2 aliphatic heterocycles. The van der Waals surface area contributed by atoms with Crippen molar-refractivity contribution < 1.29 is 9.59 Å². The van der Waals surface area contributed by atoms with E-state index in [-0.39, 0.29) is 30.3 Å². The van der Waals surface area contributed by atoms with E-state index in [9.17, 15) is 9.59 Å². The topological polar surface area (TPSA) is 52.7 Å². The van der Waals surface area contributed by atoms with Crippen molar-refractivity contribution in [1.29, 1.82) is 0 Å². The largest absolute Gasteiger partial charge is 0.343 e. The van der Waals surface area contributed by atoms with E-state index < -0.39 is 0 Å². The van der Waals surface area contributed by atoms with Gasteiger partial charge in [-0.15, -0.1) is 12.4 Å². The summed E-state index contributed by atoms with van der Waals surface area (Å²) < 4.78 is 0. The second-order valence-electron chi connectivity index (χ2n) is 7.22. The van der Waals surface area contributed by atoms with Crippen molar-refractivity contribution >= 4 is 30.3 Å². The predicted octanol–water partition coefficient (Wildman–Crippen LogP) is 3.22. The number of fused-ring (bicyclic) bond motifs is 1. The molecule has 0 saturated carbocycles. The molecule has 1 aromatic carbocycles. The number of benzene rings is 1. The van der Waals surface area contributed by atoms with Crippen LogP contribution < -0.4 is 5.32 Å². The highest BCUT2D eigenvalue weighted by molar-refractivity contribution is 5.85. The number of carbonyl (C=O) groups is 2. The molecule has 0 aliphatic carbocycles. The summed E-state index contributed by atoms with van der Waals surface area (Å²) in [5.74, 6) is 0.775. The van der Waals surface area contributed by atoms with Gasteiger partial charge in [-0.25, -0.2) is 0 Å². The van der Waals surface area contributed by atoms with Gasteiger partial charge in [-0.3, -0.25) is 9.59 Å². The van der Waals surface area contributed by atoms with Gasteiger partial charge in [-0.05, 0) is 49.1 Å². The Balaban J connectivity index is 0.00000261. The molecule has 0 aromatic heterocycles. The van der Waals surface area contributed by atoms with Crippen LogP contribution in [0.4, 0.5) is 0 Å². The number of nitrogens with one attached hydrogen (secondary N) is 1. The van der Waals surface area contributed by atoms with Crippen LogP contribution >= 0.6 is 12.4 Å². The molecule has 1 unspecified atom stereocenters. The fourth-order valence-corrected chi connectivity index (χ4v) is 3.94.